The minimum Gasteiger partial charge on any atom is -0.497 e. The van der Waals surface area contributed by atoms with Crippen LogP contribution in [0, 0.1) is 0 Å². The lowest BCUT2D eigenvalue weighted by Gasteiger charge is -2.00. The number of aromatic nitrogens is 2. The molecule has 3 rings (SSSR count). The van der Waals surface area contributed by atoms with Crippen LogP contribution in [0.5, 0.6) is 5.75 Å². The molecule has 1 N–H and O–H groups in total. The van der Waals surface area contributed by atoms with Gasteiger partial charge in [-0.1, -0.05) is 64.7 Å². The Morgan fingerprint density at radius 1 is 1.17 bits per heavy atom. The molecular weight excluding hydrogens is 448 g/mol. The standard InChI is InChI=1S/C19H17ClN4O2S3/c1-26-15-8-6-13(7-9-15)10-21-22-17(25)12-28-19-24-23-18(29-19)27-11-14-4-2-3-5-16(14)20/h2-10H,11-12H2,1H3,(H,22,25)/b21-10-. The van der Waals surface area contributed by atoms with E-state index in [4.69, 9.17) is 16.3 Å². The van der Waals surface area contributed by atoms with Gasteiger partial charge in [-0.3, -0.25) is 4.79 Å². The first-order chi connectivity index (χ1) is 14.1. The van der Waals surface area contributed by atoms with E-state index in [2.05, 4.69) is 20.7 Å². The van der Waals surface area contributed by atoms with E-state index >= 15 is 0 Å². The largest absolute Gasteiger partial charge is 0.497 e. The first-order valence-corrected chi connectivity index (χ1v) is 11.6. The Balaban J connectivity index is 1.41. The Kier molecular flexibility index (Phi) is 8.36. The Hall–Kier alpha value is -2.07. The highest BCUT2D eigenvalue weighted by molar-refractivity contribution is 8.03. The summed E-state index contributed by atoms with van der Waals surface area (Å²) in [5.41, 5.74) is 4.42. The van der Waals surface area contributed by atoms with Crippen molar-refractivity contribution >= 4 is 58.6 Å². The van der Waals surface area contributed by atoms with E-state index in [0.29, 0.717) is 0 Å². The van der Waals surface area contributed by atoms with Crippen LogP contribution in [-0.2, 0) is 10.5 Å². The van der Waals surface area contributed by atoms with E-state index in [1.54, 1.807) is 25.1 Å². The van der Waals surface area contributed by atoms with Gasteiger partial charge < -0.3 is 4.74 Å². The number of methoxy groups -OCH3 is 1. The number of benzene rings is 2. The number of hydrogen-bond acceptors (Lipinski definition) is 8. The molecular formula is C19H17ClN4O2S3. The third-order valence-electron chi connectivity index (χ3n) is 3.54. The molecule has 150 valence electrons. The van der Waals surface area contributed by atoms with Gasteiger partial charge in [0.2, 0.25) is 0 Å². The van der Waals surface area contributed by atoms with Crippen molar-refractivity contribution in [3.05, 3.63) is 64.7 Å². The molecule has 1 heterocycles. The summed E-state index contributed by atoms with van der Waals surface area (Å²) < 4.78 is 6.67. The zero-order chi connectivity index (χ0) is 20.5. The van der Waals surface area contributed by atoms with E-state index in [9.17, 15) is 4.79 Å². The molecule has 0 atom stereocenters. The van der Waals surface area contributed by atoms with Gasteiger partial charge in [-0.25, -0.2) is 5.43 Å². The molecule has 0 fully saturated rings. The number of hydrazone groups is 1. The second-order valence-electron chi connectivity index (χ2n) is 5.57. The van der Waals surface area contributed by atoms with Crippen LogP contribution >= 0.6 is 46.5 Å². The average Bonchev–Trinajstić information content (AvgIpc) is 3.20. The lowest BCUT2D eigenvalue weighted by atomic mass is 10.2. The maximum absolute atomic E-state index is 11.9. The lowest BCUT2D eigenvalue weighted by Crippen LogP contribution is -2.19. The number of amides is 1. The molecule has 0 spiro atoms. The van der Waals surface area contributed by atoms with Crippen LogP contribution in [0.3, 0.4) is 0 Å². The quantitative estimate of drug-likeness (QED) is 0.280. The van der Waals surface area contributed by atoms with Gasteiger partial charge in [0, 0.05) is 10.8 Å². The number of carbonyl (C=O) groups excluding carboxylic acids is 1. The normalized spacial score (nSPS) is 11.0. The Morgan fingerprint density at radius 2 is 1.90 bits per heavy atom. The topological polar surface area (TPSA) is 76.5 Å². The lowest BCUT2D eigenvalue weighted by molar-refractivity contribution is -0.118. The van der Waals surface area contributed by atoms with Gasteiger partial charge in [0.1, 0.15) is 5.75 Å². The number of hydrogen-bond donors (Lipinski definition) is 1. The van der Waals surface area contributed by atoms with Crippen molar-refractivity contribution in [2.75, 3.05) is 12.9 Å². The van der Waals surface area contributed by atoms with E-state index in [0.717, 1.165) is 36.3 Å². The molecule has 10 heteroatoms. The van der Waals surface area contributed by atoms with Crippen molar-refractivity contribution in [1.29, 1.82) is 0 Å². The molecule has 0 aliphatic rings. The predicted octanol–water partition coefficient (Wildman–Crippen LogP) is 4.73. The molecule has 0 saturated heterocycles. The zero-order valence-corrected chi connectivity index (χ0v) is 18.6. The molecule has 3 aromatic rings. The van der Waals surface area contributed by atoms with Crippen molar-refractivity contribution in [1.82, 2.24) is 15.6 Å². The summed E-state index contributed by atoms with van der Waals surface area (Å²) in [6.07, 6.45) is 1.58. The summed E-state index contributed by atoms with van der Waals surface area (Å²) in [6.45, 7) is 0. The second kappa shape index (κ2) is 11.2. The zero-order valence-electron chi connectivity index (χ0n) is 15.4. The second-order valence-corrected chi connectivity index (χ2v) is 9.40. The van der Waals surface area contributed by atoms with Crippen LogP contribution < -0.4 is 10.2 Å². The van der Waals surface area contributed by atoms with Gasteiger partial charge in [0.15, 0.2) is 8.68 Å². The van der Waals surface area contributed by atoms with Crippen LogP contribution in [0.25, 0.3) is 0 Å². The number of carbonyl (C=O) groups is 1. The molecule has 1 amide bonds. The SMILES string of the molecule is COc1ccc(/C=N\NC(=O)CSc2nnc(SCc3ccccc3Cl)s2)cc1. The van der Waals surface area contributed by atoms with E-state index in [1.807, 2.05) is 48.5 Å². The number of nitrogens with zero attached hydrogens (tertiary/aromatic N) is 3. The molecule has 0 saturated carbocycles. The van der Waals surface area contributed by atoms with E-state index in [1.165, 1.54) is 23.1 Å². The highest BCUT2D eigenvalue weighted by atomic mass is 35.5. The summed E-state index contributed by atoms with van der Waals surface area (Å²) in [5, 5.41) is 13.0. The smallest absolute Gasteiger partial charge is 0.250 e. The summed E-state index contributed by atoms with van der Waals surface area (Å²) in [5.74, 6) is 1.49. The van der Waals surface area contributed by atoms with Crippen LogP contribution in [0.1, 0.15) is 11.1 Å². The van der Waals surface area contributed by atoms with Crippen LogP contribution in [0.4, 0.5) is 0 Å². The average molecular weight is 465 g/mol. The van der Waals surface area contributed by atoms with Gasteiger partial charge in [0.25, 0.3) is 5.91 Å². The van der Waals surface area contributed by atoms with Crippen molar-refractivity contribution in [3.63, 3.8) is 0 Å². The first-order valence-electron chi connectivity index (χ1n) is 8.42. The van der Waals surface area contributed by atoms with E-state index < -0.39 is 0 Å². The first kappa shape index (κ1) is 21.6. The van der Waals surface area contributed by atoms with Crippen molar-refractivity contribution < 1.29 is 9.53 Å². The fourth-order valence-electron chi connectivity index (χ4n) is 2.10. The minimum absolute atomic E-state index is 0.208. The monoisotopic (exact) mass is 464 g/mol. The predicted molar refractivity (Wildman–Crippen MR) is 120 cm³/mol. The summed E-state index contributed by atoms with van der Waals surface area (Å²) in [6, 6.07) is 15.1. The van der Waals surface area contributed by atoms with Gasteiger partial charge in [-0.2, -0.15) is 5.10 Å². The molecule has 6 nitrogen and oxygen atoms in total. The molecule has 2 aromatic carbocycles. The number of halogens is 1. The molecule has 0 aliphatic heterocycles. The Bertz CT molecular complexity index is 980. The Morgan fingerprint density at radius 3 is 2.62 bits per heavy atom. The van der Waals surface area contributed by atoms with Crippen molar-refractivity contribution in [3.8, 4) is 5.75 Å². The number of thioether (sulfide) groups is 2. The number of nitrogens with one attached hydrogen (secondary N) is 1. The third kappa shape index (κ3) is 7.04. The number of ether oxygens (including phenoxy) is 1. The third-order valence-corrected chi connectivity index (χ3v) is 7.15. The molecule has 0 aliphatic carbocycles. The maximum atomic E-state index is 11.9. The highest BCUT2D eigenvalue weighted by Crippen LogP contribution is 2.32. The highest BCUT2D eigenvalue weighted by Gasteiger charge is 2.09. The van der Waals surface area contributed by atoms with Gasteiger partial charge >= 0.3 is 0 Å². The number of rotatable bonds is 9. The van der Waals surface area contributed by atoms with Crippen LogP contribution in [-0.4, -0.2) is 35.2 Å². The van der Waals surface area contributed by atoms with E-state index in [-0.39, 0.29) is 11.7 Å². The fraction of sp³-hybridized carbons (Fsp3) is 0.158. The summed E-state index contributed by atoms with van der Waals surface area (Å²) >= 11 is 10.5. The Labute approximate surface area is 186 Å². The maximum Gasteiger partial charge on any atom is 0.250 e. The molecule has 0 radical (unpaired) electrons. The molecule has 1 aromatic heterocycles. The minimum atomic E-state index is -0.208. The van der Waals surface area contributed by atoms with Crippen LogP contribution in [0.2, 0.25) is 5.02 Å². The molecule has 29 heavy (non-hydrogen) atoms. The summed E-state index contributed by atoms with van der Waals surface area (Å²) in [4.78, 5) is 11.9. The van der Waals surface area contributed by atoms with Crippen LogP contribution in [0.15, 0.2) is 62.3 Å². The van der Waals surface area contributed by atoms with Gasteiger partial charge in [-0.15, -0.1) is 10.2 Å². The molecule has 0 unspecified atom stereocenters. The van der Waals surface area contributed by atoms with Gasteiger partial charge in [-0.05, 0) is 41.5 Å². The fourth-order valence-corrected chi connectivity index (χ4v) is 5.20. The molecule has 0 bridgehead atoms. The summed E-state index contributed by atoms with van der Waals surface area (Å²) in [7, 11) is 1.61. The van der Waals surface area contributed by atoms with Gasteiger partial charge in [0.05, 0.1) is 19.1 Å². The van der Waals surface area contributed by atoms with Crippen molar-refractivity contribution in [2.45, 2.75) is 14.4 Å². The van der Waals surface area contributed by atoms with Crippen molar-refractivity contribution in [2.24, 2.45) is 5.10 Å².